The highest BCUT2D eigenvalue weighted by molar-refractivity contribution is 5.98. The molecular formula is C22H29F3N2O3. The number of benzene rings is 1. The quantitative estimate of drug-likeness (QED) is 0.778. The van der Waals surface area contributed by atoms with E-state index in [2.05, 4.69) is 12.2 Å². The Morgan fingerprint density at radius 2 is 1.83 bits per heavy atom. The van der Waals surface area contributed by atoms with E-state index in [1.54, 1.807) is 0 Å². The van der Waals surface area contributed by atoms with Gasteiger partial charge in [0.15, 0.2) is 0 Å². The third kappa shape index (κ3) is 4.48. The molecule has 3 rings (SSSR count). The van der Waals surface area contributed by atoms with Crippen LogP contribution in [0.15, 0.2) is 24.3 Å². The van der Waals surface area contributed by atoms with Gasteiger partial charge in [-0.3, -0.25) is 14.5 Å². The van der Waals surface area contributed by atoms with Gasteiger partial charge < -0.3 is 10.1 Å². The number of hydrogen-bond acceptors (Lipinski definition) is 3. The highest BCUT2D eigenvalue weighted by Gasteiger charge is 2.53. The van der Waals surface area contributed by atoms with Crippen LogP contribution in [0.25, 0.3) is 0 Å². The van der Waals surface area contributed by atoms with Crippen molar-refractivity contribution in [2.24, 2.45) is 5.92 Å². The van der Waals surface area contributed by atoms with Crippen molar-refractivity contribution < 1.29 is 27.5 Å². The molecule has 1 saturated heterocycles. The van der Waals surface area contributed by atoms with Gasteiger partial charge in [-0.15, -0.1) is 0 Å². The Hall–Kier alpha value is -2.09. The molecule has 166 valence electrons. The number of amides is 2. The van der Waals surface area contributed by atoms with Crippen molar-refractivity contribution in [3.8, 4) is 0 Å². The van der Waals surface area contributed by atoms with Crippen LogP contribution < -0.4 is 5.32 Å². The number of carbonyl (C=O) groups excluding carboxylic acids is 2. The van der Waals surface area contributed by atoms with Gasteiger partial charge in [0.2, 0.25) is 5.91 Å². The smallest absolute Gasteiger partial charge is 0.353 e. The summed E-state index contributed by atoms with van der Waals surface area (Å²) in [6.45, 7) is 6.05. The van der Waals surface area contributed by atoms with Gasteiger partial charge in [0, 0.05) is 11.6 Å². The summed E-state index contributed by atoms with van der Waals surface area (Å²) >= 11 is 0. The summed E-state index contributed by atoms with van der Waals surface area (Å²) in [5.74, 6) is -0.268. The van der Waals surface area contributed by atoms with Crippen LogP contribution in [0.5, 0.6) is 0 Å². The lowest BCUT2D eigenvalue weighted by molar-refractivity contribution is -0.137. The Morgan fingerprint density at radius 1 is 1.23 bits per heavy atom. The maximum Gasteiger partial charge on any atom is 0.416 e. The summed E-state index contributed by atoms with van der Waals surface area (Å²) in [5.41, 5.74) is -1.58. The van der Waals surface area contributed by atoms with Crippen molar-refractivity contribution in [2.45, 2.75) is 76.9 Å². The second-order valence-corrected chi connectivity index (χ2v) is 8.52. The molecule has 0 bridgehead atoms. The number of nitrogens with zero attached hydrogens (tertiary/aromatic N) is 1. The van der Waals surface area contributed by atoms with E-state index in [9.17, 15) is 22.8 Å². The van der Waals surface area contributed by atoms with E-state index in [0.717, 1.165) is 31.4 Å². The largest absolute Gasteiger partial charge is 0.416 e. The fourth-order valence-corrected chi connectivity index (χ4v) is 4.16. The van der Waals surface area contributed by atoms with Crippen molar-refractivity contribution in [1.82, 2.24) is 10.2 Å². The predicted molar refractivity (Wildman–Crippen MR) is 106 cm³/mol. The standard InChI is InChI=1S/C22H29F3N2O3/c1-4-15(3)26-19(28)18-13-30-21(11-9-14(2)10-12-21)27(18)20(29)16-5-7-17(8-6-16)22(23,24)25/h5-8,14-15,18H,4,9-13H2,1-3H3,(H,26,28). The summed E-state index contributed by atoms with van der Waals surface area (Å²) in [5, 5.41) is 2.91. The topological polar surface area (TPSA) is 58.6 Å². The molecule has 2 unspecified atom stereocenters. The zero-order valence-corrected chi connectivity index (χ0v) is 17.6. The lowest BCUT2D eigenvalue weighted by Crippen LogP contribution is -2.57. The number of ether oxygens (including phenoxy) is 1. The van der Waals surface area contributed by atoms with E-state index in [-0.39, 0.29) is 24.1 Å². The minimum absolute atomic E-state index is 0.0524. The van der Waals surface area contributed by atoms with Gasteiger partial charge in [-0.1, -0.05) is 13.8 Å². The number of alkyl halides is 3. The zero-order chi connectivity index (χ0) is 22.1. The minimum Gasteiger partial charge on any atom is -0.353 e. The first-order chi connectivity index (χ1) is 14.1. The number of hydrogen-bond donors (Lipinski definition) is 1. The highest BCUT2D eigenvalue weighted by atomic mass is 19.4. The first-order valence-corrected chi connectivity index (χ1v) is 10.5. The number of carbonyl (C=O) groups is 2. The molecular weight excluding hydrogens is 397 g/mol. The summed E-state index contributed by atoms with van der Waals surface area (Å²) in [6, 6.07) is 3.28. The minimum atomic E-state index is -4.47. The fraction of sp³-hybridized carbons (Fsp3) is 0.636. The Labute approximate surface area is 175 Å². The molecule has 5 nitrogen and oxygen atoms in total. The number of nitrogens with one attached hydrogen (secondary N) is 1. The highest BCUT2D eigenvalue weighted by Crippen LogP contribution is 2.43. The maximum absolute atomic E-state index is 13.4. The van der Waals surface area contributed by atoms with Crippen LogP contribution >= 0.6 is 0 Å². The summed E-state index contributed by atoms with van der Waals surface area (Å²) in [6.07, 6.45) is -0.805. The molecule has 8 heteroatoms. The van der Waals surface area contributed by atoms with Gasteiger partial charge in [0.05, 0.1) is 12.2 Å². The SMILES string of the molecule is CCC(C)NC(=O)C1COC2(CCC(C)CC2)N1C(=O)c1ccc(C(F)(F)F)cc1. The van der Waals surface area contributed by atoms with E-state index in [1.165, 1.54) is 17.0 Å². The molecule has 1 saturated carbocycles. The lowest BCUT2D eigenvalue weighted by Gasteiger charge is -2.43. The second kappa shape index (κ2) is 8.57. The summed E-state index contributed by atoms with van der Waals surface area (Å²) < 4.78 is 44.8. The van der Waals surface area contributed by atoms with Crippen LogP contribution in [-0.4, -0.2) is 41.1 Å². The average molecular weight is 426 g/mol. The molecule has 1 aromatic carbocycles. The molecule has 0 aromatic heterocycles. The Kier molecular flexibility index (Phi) is 6.45. The summed E-state index contributed by atoms with van der Waals surface area (Å²) in [4.78, 5) is 27.8. The zero-order valence-electron chi connectivity index (χ0n) is 17.6. The van der Waals surface area contributed by atoms with Gasteiger partial charge in [-0.2, -0.15) is 13.2 Å². The monoisotopic (exact) mass is 426 g/mol. The van der Waals surface area contributed by atoms with Crippen LogP contribution in [-0.2, 0) is 15.7 Å². The molecule has 2 atom stereocenters. The fourth-order valence-electron chi connectivity index (χ4n) is 4.16. The second-order valence-electron chi connectivity index (χ2n) is 8.52. The van der Waals surface area contributed by atoms with Crippen molar-refractivity contribution in [3.05, 3.63) is 35.4 Å². The Morgan fingerprint density at radius 3 is 2.37 bits per heavy atom. The molecule has 2 amide bonds. The van der Waals surface area contributed by atoms with Gasteiger partial charge >= 0.3 is 6.18 Å². The summed E-state index contributed by atoms with van der Waals surface area (Å²) in [7, 11) is 0. The number of rotatable bonds is 4. The van der Waals surface area contributed by atoms with Crippen LogP contribution in [0.3, 0.4) is 0 Å². The van der Waals surface area contributed by atoms with E-state index in [4.69, 9.17) is 4.74 Å². The van der Waals surface area contributed by atoms with Gasteiger partial charge in [0.1, 0.15) is 11.8 Å². The molecule has 1 heterocycles. The molecule has 30 heavy (non-hydrogen) atoms. The molecule has 0 radical (unpaired) electrons. The van der Waals surface area contributed by atoms with Crippen molar-refractivity contribution in [1.29, 1.82) is 0 Å². The Bertz CT molecular complexity index is 771. The molecule has 1 aliphatic carbocycles. The van der Waals surface area contributed by atoms with Crippen molar-refractivity contribution >= 4 is 11.8 Å². The third-order valence-corrected chi connectivity index (χ3v) is 6.30. The molecule has 2 fully saturated rings. The number of halogens is 3. The van der Waals surface area contributed by atoms with E-state index >= 15 is 0 Å². The van der Waals surface area contributed by atoms with Gasteiger partial charge in [-0.25, -0.2) is 0 Å². The van der Waals surface area contributed by atoms with E-state index in [1.807, 2.05) is 13.8 Å². The van der Waals surface area contributed by atoms with Crippen molar-refractivity contribution in [3.63, 3.8) is 0 Å². The third-order valence-electron chi connectivity index (χ3n) is 6.30. The first-order valence-electron chi connectivity index (χ1n) is 10.5. The van der Waals surface area contributed by atoms with Crippen LogP contribution in [0.2, 0.25) is 0 Å². The normalized spacial score (nSPS) is 27.9. The van der Waals surface area contributed by atoms with E-state index in [0.29, 0.717) is 18.8 Å². The van der Waals surface area contributed by atoms with Crippen LogP contribution in [0.4, 0.5) is 13.2 Å². The van der Waals surface area contributed by atoms with Gasteiger partial charge in [0.25, 0.3) is 5.91 Å². The molecule has 1 N–H and O–H groups in total. The van der Waals surface area contributed by atoms with Crippen molar-refractivity contribution in [2.75, 3.05) is 6.61 Å². The lowest BCUT2D eigenvalue weighted by atomic mass is 9.83. The van der Waals surface area contributed by atoms with Crippen LogP contribution in [0.1, 0.15) is 68.8 Å². The van der Waals surface area contributed by atoms with Gasteiger partial charge in [-0.05, 0) is 69.2 Å². The molecule has 1 aliphatic heterocycles. The molecule has 2 aliphatic rings. The first kappa shape index (κ1) is 22.6. The van der Waals surface area contributed by atoms with Crippen LogP contribution in [0, 0.1) is 5.92 Å². The Balaban J connectivity index is 1.91. The predicted octanol–water partition coefficient (Wildman–Crippen LogP) is 4.37. The van der Waals surface area contributed by atoms with E-state index < -0.39 is 29.4 Å². The maximum atomic E-state index is 13.4. The molecule has 1 aromatic rings. The molecule has 1 spiro atoms. The average Bonchev–Trinajstić information content (AvgIpc) is 3.08.